The summed E-state index contributed by atoms with van der Waals surface area (Å²) in [5, 5.41) is 20.3. The lowest BCUT2D eigenvalue weighted by atomic mass is 10.1. The summed E-state index contributed by atoms with van der Waals surface area (Å²) in [4.78, 5) is 11.9. The Morgan fingerprint density at radius 3 is 2.33 bits per heavy atom. The Labute approximate surface area is 124 Å². The molecule has 1 aromatic rings. The van der Waals surface area contributed by atoms with E-state index in [4.69, 9.17) is 14.6 Å². The number of methoxy groups -OCH3 is 2. The van der Waals surface area contributed by atoms with Crippen LogP contribution >= 0.6 is 0 Å². The minimum Gasteiger partial charge on any atom is -0.493 e. The van der Waals surface area contributed by atoms with E-state index < -0.39 is 4.92 Å². The Balaban J connectivity index is 3.15. The zero-order chi connectivity index (χ0) is 15.8. The molecule has 7 nitrogen and oxygen atoms in total. The first-order valence-electron chi connectivity index (χ1n) is 6.91. The number of hydrogen-bond donors (Lipinski definition) is 2. The predicted molar refractivity (Wildman–Crippen MR) is 78.0 cm³/mol. The van der Waals surface area contributed by atoms with Crippen LogP contribution in [-0.4, -0.2) is 43.9 Å². The molecule has 2 N–H and O–H groups in total. The molecule has 0 bridgehead atoms. The SMILES string of the molecule is CCC[NH+](CCO)Cc1cc(OC)c(OC)cc1[N+](=O)[O-]. The minimum atomic E-state index is -0.417. The Bertz CT molecular complexity index is 473. The van der Waals surface area contributed by atoms with Gasteiger partial charge in [0.25, 0.3) is 5.69 Å². The highest BCUT2D eigenvalue weighted by Crippen LogP contribution is 2.34. The van der Waals surface area contributed by atoms with Gasteiger partial charge in [-0.2, -0.15) is 0 Å². The molecule has 0 heterocycles. The fourth-order valence-corrected chi connectivity index (χ4v) is 2.30. The predicted octanol–water partition coefficient (Wildman–Crippen LogP) is 0.399. The van der Waals surface area contributed by atoms with Crippen LogP contribution in [0, 0.1) is 10.1 Å². The second-order valence-electron chi connectivity index (χ2n) is 4.74. The standard InChI is InChI=1S/C14H22N2O5/c1-4-5-15(6-7-17)10-11-8-13(20-2)14(21-3)9-12(11)16(18)19/h8-9,17H,4-7,10H2,1-3H3/p+1. The lowest BCUT2D eigenvalue weighted by Crippen LogP contribution is -3.11. The lowest BCUT2D eigenvalue weighted by molar-refractivity contribution is -0.914. The van der Waals surface area contributed by atoms with Gasteiger partial charge in [0, 0.05) is 0 Å². The number of aliphatic hydroxyl groups excluding tert-OH is 1. The molecular formula is C14H23N2O5+. The summed E-state index contributed by atoms with van der Waals surface area (Å²) >= 11 is 0. The van der Waals surface area contributed by atoms with Crippen LogP contribution in [0.3, 0.4) is 0 Å². The number of aliphatic hydroxyl groups is 1. The molecule has 0 saturated carbocycles. The topological polar surface area (TPSA) is 86.3 Å². The van der Waals surface area contributed by atoms with Gasteiger partial charge in [0.2, 0.25) is 0 Å². The minimum absolute atomic E-state index is 0.0131. The lowest BCUT2D eigenvalue weighted by Gasteiger charge is -2.18. The van der Waals surface area contributed by atoms with Crippen molar-refractivity contribution in [2.75, 3.05) is 33.9 Å². The number of quaternary nitrogens is 1. The van der Waals surface area contributed by atoms with Crippen molar-refractivity contribution in [3.05, 3.63) is 27.8 Å². The van der Waals surface area contributed by atoms with Crippen molar-refractivity contribution >= 4 is 5.69 Å². The molecule has 0 amide bonds. The molecule has 0 aromatic heterocycles. The van der Waals surface area contributed by atoms with E-state index in [1.165, 1.54) is 20.3 Å². The number of rotatable bonds is 9. The van der Waals surface area contributed by atoms with Crippen molar-refractivity contribution in [1.29, 1.82) is 0 Å². The number of nitro groups is 1. The number of nitrogens with zero attached hydrogens (tertiary/aromatic N) is 1. The number of ether oxygens (including phenoxy) is 2. The molecule has 0 radical (unpaired) electrons. The van der Waals surface area contributed by atoms with Crippen LogP contribution in [-0.2, 0) is 6.54 Å². The van der Waals surface area contributed by atoms with E-state index >= 15 is 0 Å². The van der Waals surface area contributed by atoms with Gasteiger partial charge in [-0.3, -0.25) is 10.1 Å². The number of hydrogen-bond acceptors (Lipinski definition) is 5. The van der Waals surface area contributed by atoms with Crippen LogP contribution in [0.4, 0.5) is 5.69 Å². The summed E-state index contributed by atoms with van der Waals surface area (Å²) in [6.45, 7) is 3.95. The number of nitro benzene ring substituents is 1. The first-order valence-corrected chi connectivity index (χ1v) is 6.91. The molecule has 7 heteroatoms. The highest BCUT2D eigenvalue weighted by molar-refractivity contribution is 5.53. The van der Waals surface area contributed by atoms with Gasteiger partial charge in [-0.1, -0.05) is 6.92 Å². The molecule has 0 aliphatic rings. The van der Waals surface area contributed by atoms with Gasteiger partial charge in [0.05, 0.1) is 43.9 Å². The van der Waals surface area contributed by atoms with E-state index in [0.717, 1.165) is 17.9 Å². The van der Waals surface area contributed by atoms with Crippen molar-refractivity contribution in [3.8, 4) is 11.5 Å². The van der Waals surface area contributed by atoms with Gasteiger partial charge in [0.15, 0.2) is 11.5 Å². The van der Waals surface area contributed by atoms with Gasteiger partial charge >= 0.3 is 0 Å². The number of benzene rings is 1. The third-order valence-corrected chi connectivity index (χ3v) is 3.29. The summed E-state index contributed by atoms with van der Waals surface area (Å²) in [6.07, 6.45) is 0.941. The van der Waals surface area contributed by atoms with Crippen LogP contribution in [0.15, 0.2) is 12.1 Å². The molecule has 118 valence electrons. The Hall–Kier alpha value is -1.86. The first kappa shape index (κ1) is 17.2. The average Bonchev–Trinajstić information content (AvgIpc) is 2.47. The molecule has 0 aliphatic heterocycles. The smallest absolute Gasteiger partial charge is 0.282 e. The van der Waals surface area contributed by atoms with Crippen LogP contribution in [0.2, 0.25) is 0 Å². The van der Waals surface area contributed by atoms with Gasteiger partial charge < -0.3 is 19.5 Å². The molecule has 1 aromatic carbocycles. The van der Waals surface area contributed by atoms with E-state index in [9.17, 15) is 10.1 Å². The van der Waals surface area contributed by atoms with Crippen LogP contribution in [0.1, 0.15) is 18.9 Å². The maximum absolute atomic E-state index is 11.2. The third kappa shape index (κ3) is 4.57. The van der Waals surface area contributed by atoms with Crippen LogP contribution in [0.5, 0.6) is 11.5 Å². The van der Waals surface area contributed by atoms with E-state index in [-0.39, 0.29) is 12.3 Å². The Morgan fingerprint density at radius 2 is 1.86 bits per heavy atom. The quantitative estimate of drug-likeness (QED) is 0.509. The van der Waals surface area contributed by atoms with E-state index in [2.05, 4.69) is 0 Å². The maximum atomic E-state index is 11.2. The van der Waals surface area contributed by atoms with Crippen molar-refractivity contribution < 1.29 is 24.4 Å². The Morgan fingerprint density at radius 1 is 1.24 bits per heavy atom. The molecule has 1 atom stereocenters. The highest BCUT2D eigenvalue weighted by Gasteiger charge is 2.22. The van der Waals surface area contributed by atoms with E-state index in [0.29, 0.717) is 30.2 Å². The summed E-state index contributed by atoms with van der Waals surface area (Å²) in [7, 11) is 2.94. The van der Waals surface area contributed by atoms with E-state index in [1.54, 1.807) is 6.07 Å². The molecule has 21 heavy (non-hydrogen) atoms. The molecule has 0 aliphatic carbocycles. The monoisotopic (exact) mass is 299 g/mol. The van der Waals surface area contributed by atoms with Crippen molar-refractivity contribution in [2.24, 2.45) is 0 Å². The molecule has 0 fully saturated rings. The largest absolute Gasteiger partial charge is 0.493 e. The van der Waals surface area contributed by atoms with E-state index in [1.807, 2.05) is 6.92 Å². The molecule has 0 saturated heterocycles. The second kappa shape index (κ2) is 8.43. The van der Waals surface area contributed by atoms with Gasteiger partial charge in [-0.25, -0.2) is 0 Å². The van der Waals surface area contributed by atoms with Gasteiger partial charge in [-0.05, 0) is 12.5 Å². The maximum Gasteiger partial charge on any atom is 0.282 e. The van der Waals surface area contributed by atoms with Crippen molar-refractivity contribution in [1.82, 2.24) is 0 Å². The molecule has 1 unspecified atom stereocenters. The second-order valence-corrected chi connectivity index (χ2v) is 4.74. The van der Waals surface area contributed by atoms with Gasteiger partial charge in [-0.15, -0.1) is 0 Å². The summed E-state index contributed by atoms with van der Waals surface area (Å²) in [5.74, 6) is 0.810. The highest BCUT2D eigenvalue weighted by atomic mass is 16.6. The summed E-state index contributed by atoms with van der Waals surface area (Å²) < 4.78 is 10.3. The zero-order valence-corrected chi connectivity index (χ0v) is 12.7. The van der Waals surface area contributed by atoms with Crippen LogP contribution < -0.4 is 14.4 Å². The first-order chi connectivity index (χ1) is 10.1. The van der Waals surface area contributed by atoms with Crippen molar-refractivity contribution in [3.63, 3.8) is 0 Å². The fourth-order valence-electron chi connectivity index (χ4n) is 2.30. The fraction of sp³-hybridized carbons (Fsp3) is 0.571. The molecular weight excluding hydrogens is 276 g/mol. The zero-order valence-electron chi connectivity index (χ0n) is 12.7. The normalized spacial score (nSPS) is 12.0. The summed E-state index contributed by atoms with van der Waals surface area (Å²) in [5.41, 5.74) is 0.591. The summed E-state index contributed by atoms with van der Waals surface area (Å²) in [6, 6.07) is 3.03. The van der Waals surface area contributed by atoms with Crippen molar-refractivity contribution in [2.45, 2.75) is 19.9 Å². The number of nitrogens with one attached hydrogen (secondary N) is 1. The average molecular weight is 299 g/mol. The molecule has 1 rings (SSSR count). The van der Waals surface area contributed by atoms with Gasteiger partial charge in [0.1, 0.15) is 13.1 Å². The van der Waals surface area contributed by atoms with Crippen LogP contribution in [0.25, 0.3) is 0 Å². The molecule has 0 spiro atoms. The third-order valence-electron chi connectivity index (χ3n) is 3.29. The Kier molecular flexibility index (Phi) is 6.90.